The van der Waals surface area contributed by atoms with Crippen molar-refractivity contribution >= 4 is 17.9 Å². The van der Waals surface area contributed by atoms with Gasteiger partial charge in [0, 0.05) is 19.3 Å². The summed E-state index contributed by atoms with van der Waals surface area (Å²) in [4.78, 5) is 37.5. The van der Waals surface area contributed by atoms with Gasteiger partial charge in [-0.05, 0) is 89.9 Å². The molecule has 0 saturated carbocycles. The van der Waals surface area contributed by atoms with Gasteiger partial charge >= 0.3 is 17.9 Å². The zero-order valence-corrected chi connectivity index (χ0v) is 33.1. The number of hydrogen-bond donors (Lipinski definition) is 0. The highest BCUT2D eigenvalue weighted by Crippen LogP contribution is 2.11. The molecule has 292 valence electrons. The molecular weight excluding hydrogens is 636 g/mol. The average molecular weight is 713 g/mol. The standard InChI is InChI=1S/C45H76O6/c1-4-7-10-13-16-19-21-22-23-24-27-29-32-35-38-44(47)50-41-42(40-49-43(46)37-34-31-28-25-18-15-12-9-6-3)51-45(48)39-36-33-30-26-20-17-14-11-8-5-2/h7,10,14,16-17,19,22-23,25,28,42H,4-6,8-9,11-13,15,18,20-21,24,26-27,29-41H2,1-3H3/b10-7-,17-14-,19-16-,23-22-,28-25-. The fraction of sp³-hybridized carbons (Fsp3) is 0.711. The summed E-state index contributed by atoms with van der Waals surface area (Å²) in [7, 11) is 0. The van der Waals surface area contributed by atoms with Gasteiger partial charge in [0.15, 0.2) is 6.10 Å². The van der Waals surface area contributed by atoms with Gasteiger partial charge in [0.05, 0.1) is 0 Å². The minimum absolute atomic E-state index is 0.100. The van der Waals surface area contributed by atoms with Crippen LogP contribution in [0.25, 0.3) is 0 Å². The van der Waals surface area contributed by atoms with Crippen LogP contribution in [0.5, 0.6) is 0 Å². The SMILES string of the molecule is CC/C=C\C/C=C\C/C=C\CCCCCCC(=O)OCC(COC(=O)CCC/C=C\CCCCCC)OC(=O)CCCCCC/C=C\CCCC. The van der Waals surface area contributed by atoms with Gasteiger partial charge in [0.25, 0.3) is 0 Å². The van der Waals surface area contributed by atoms with Gasteiger partial charge in [-0.1, -0.05) is 139 Å². The Bertz CT molecular complexity index is 960. The summed E-state index contributed by atoms with van der Waals surface area (Å²) < 4.78 is 16.6. The quantitative estimate of drug-likeness (QED) is 0.0278. The Balaban J connectivity index is 4.45. The van der Waals surface area contributed by atoms with E-state index in [1.807, 2.05) is 0 Å². The van der Waals surface area contributed by atoms with Gasteiger partial charge in [-0.2, -0.15) is 0 Å². The third-order valence-electron chi connectivity index (χ3n) is 8.48. The molecular formula is C45H76O6. The molecule has 0 rings (SSSR count). The first-order chi connectivity index (χ1) is 25.0. The number of esters is 3. The third kappa shape index (κ3) is 38.2. The van der Waals surface area contributed by atoms with Crippen LogP contribution in [0, 0.1) is 0 Å². The van der Waals surface area contributed by atoms with Gasteiger partial charge in [0.2, 0.25) is 0 Å². The number of rotatable bonds is 36. The molecule has 0 amide bonds. The topological polar surface area (TPSA) is 78.9 Å². The van der Waals surface area contributed by atoms with Gasteiger partial charge in [-0.15, -0.1) is 0 Å². The molecule has 1 atom stereocenters. The Hall–Kier alpha value is -2.89. The molecule has 0 bridgehead atoms. The Labute approximate surface area is 313 Å². The number of unbranched alkanes of at least 4 members (excludes halogenated alkanes) is 15. The monoisotopic (exact) mass is 713 g/mol. The molecule has 0 aromatic rings. The molecule has 0 spiro atoms. The number of ether oxygens (including phenoxy) is 3. The molecule has 0 radical (unpaired) electrons. The summed E-state index contributed by atoms with van der Waals surface area (Å²) in [5.41, 5.74) is 0. The Morgan fingerprint density at radius 3 is 1.33 bits per heavy atom. The number of hydrogen-bond acceptors (Lipinski definition) is 6. The van der Waals surface area contributed by atoms with Crippen molar-refractivity contribution in [2.75, 3.05) is 13.2 Å². The van der Waals surface area contributed by atoms with Crippen LogP contribution in [-0.2, 0) is 28.6 Å². The molecule has 0 aliphatic rings. The second-order valence-electron chi connectivity index (χ2n) is 13.5. The molecule has 6 nitrogen and oxygen atoms in total. The molecule has 0 aromatic carbocycles. The molecule has 0 heterocycles. The molecule has 1 unspecified atom stereocenters. The lowest BCUT2D eigenvalue weighted by molar-refractivity contribution is -0.167. The zero-order valence-electron chi connectivity index (χ0n) is 33.1. The van der Waals surface area contributed by atoms with Crippen LogP contribution in [-0.4, -0.2) is 37.2 Å². The van der Waals surface area contributed by atoms with E-state index in [1.165, 1.54) is 38.5 Å². The van der Waals surface area contributed by atoms with Crippen LogP contribution in [0.2, 0.25) is 0 Å². The third-order valence-corrected chi connectivity index (χ3v) is 8.48. The van der Waals surface area contributed by atoms with Crippen molar-refractivity contribution in [1.82, 2.24) is 0 Å². The van der Waals surface area contributed by atoms with Crippen molar-refractivity contribution < 1.29 is 28.6 Å². The fourth-order valence-corrected chi connectivity index (χ4v) is 5.32. The molecule has 0 aliphatic heterocycles. The first-order valence-corrected chi connectivity index (χ1v) is 20.8. The van der Waals surface area contributed by atoms with E-state index >= 15 is 0 Å². The van der Waals surface area contributed by atoms with Crippen LogP contribution in [0.15, 0.2) is 60.8 Å². The number of carbonyl (C=O) groups excluding carboxylic acids is 3. The van der Waals surface area contributed by atoms with E-state index in [0.29, 0.717) is 25.7 Å². The van der Waals surface area contributed by atoms with Crippen LogP contribution in [0.1, 0.15) is 188 Å². The van der Waals surface area contributed by atoms with E-state index in [2.05, 4.69) is 81.5 Å². The predicted octanol–water partition coefficient (Wildman–Crippen LogP) is 13.0. The van der Waals surface area contributed by atoms with Crippen molar-refractivity contribution in [3.63, 3.8) is 0 Å². The maximum absolute atomic E-state index is 12.6. The first-order valence-electron chi connectivity index (χ1n) is 20.8. The van der Waals surface area contributed by atoms with Crippen molar-refractivity contribution in [1.29, 1.82) is 0 Å². The van der Waals surface area contributed by atoms with E-state index in [-0.39, 0.29) is 31.1 Å². The van der Waals surface area contributed by atoms with E-state index in [1.54, 1.807) is 0 Å². The Morgan fingerprint density at radius 2 is 0.804 bits per heavy atom. The largest absolute Gasteiger partial charge is 0.462 e. The predicted molar refractivity (Wildman–Crippen MR) is 215 cm³/mol. The van der Waals surface area contributed by atoms with Gasteiger partial charge in [-0.3, -0.25) is 14.4 Å². The highest BCUT2D eigenvalue weighted by atomic mass is 16.6. The van der Waals surface area contributed by atoms with E-state index in [9.17, 15) is 14.4 Å². The van der Waals surface area contributed by atoms with Crippen molar-refractivity contribution in [3.8, 4) is 0 Å². The summed E-state index contributed by atoms with van der Waals surface area (Å²) in [6.07, 6.45) is 46.4. The van der Waals surface area contributed by atoms with Crippen LogP contribution in [0.3, 0.4) is 0 Å². The molecule has 0 saturated heterocycles. The van der Waals surface area contributed by atoms with Crippen LogP contribution < -0.4 is 0 Å². The smallest absolute Gasteiger partial charge is 0.306 e. The summed E-state index contributed by atoms with van der Waals surface area (Å²) in [5.74, 6) is -0.980. The zero-order chi connectivity index (χ0) is 37.3. The van der Waals surface area contributed by atoms with Crippen molar-refractivity contribution in [3.05, 3.63) is 60.8 Å². The maximum Gasteiger partial charge on any atom is 0.306 e. The average Bonchev–Trinajstić information content (AvgIpc) is 3.12. The highest BCUT2D eigenvalue weighted by Gasteiger charge is 2.19. The second kappa shape index (κ2) is 39.9. The second-order valence-corrected chi connectivity index (χ2v) is 13.5. The number of carbonyl (C=O) groups is 3. The molecule has 0 aromatic heterocycles. The lowest BCUT2D eigenvalue weighted by Gasteiger charge is -2.18. The summed E-state index contributed by atoms with van der Waals surface area (Å²) in [5, 5.41) is 0. The minimum atomic E-state index is -0.795. The molecule has 51 heavy (non-hydrogen) atoms. The minimum Gasteiger partial charge on any atom is -0.462 e. The molecule has 0 fully saturated rings. The Kier molecular flexibility index (Phi) is 37.6. The Morgan fingerprint density at radius 1 is 0.412 bits per heavy atom. The molecule has 0 N–H and O–H groups in total. The summed E-state index contributed by atoms with van der Waals surface area (Å²) in [6, 6.07) is 0. The van der Waals surface area contributed by atoms with Gasteiger partial charge in [-0.25, -0.2) is 0 Å². The van der Waals surface area contributed by atoms with Crippen LogP contribution in [0.4, 0.5) is 0 Å². The normalized spacial score (nSPS) is 12.6. The summed E-state index contributed by atoms with van der Waals surface area (Å²) >= 11 is 0. The number of allylic oxidation sites excluding steroid dienone is 10. The summed E-state index contributed by atoms with van der Waals surface area (Å²) in [6.45, 7) is 6.36. The fourth-order valence-electron chi connectivity index (χ4n) is 5.32. The lowest BCUT2D eigenvalue weighted by atomic mass is 10.1. The van der Waals surface area contributed by atoms with E-state index in [0.717, 1.165) is 103 Å². The van der Waals surface area contributed by atoms with E-state index < -0.39 is 6.10 Å². The lowest BCUT2D eigenvalue weighted by Crippen LogP contribution is -2.30. The van der Waals surface area contributed by atoms with Gasteiger partial charge in [0.1, 0.15) is 13.2 Å². The molecule has 0 aliphatic carbocycles. The van der Waals surface area contributed by atoms with Crippen LogP contribution >= 0.6 is 0 Å². The molecule has 6 heteroatoms. The van der Waals surface area contributed by atoms with Crippen molar-refractivity contribution in [2.45, 2.75) is 194 Å². The van der Waals surface area contributed by atoms with Crippen molar-refractivity contribution in [2.24, 2.45) is 0 Å². The first kappa shape index (κ1) is 48.1. The highest BCUT2D eigenvalue weighted by molar-refractivity contribution is 5.71. The van der Waals surface area contributed by atoms with Gasteiger partial charge < -0.3 is 14.2 Å². The maximum atomic E-state index is 12.6. The van der Waals surface area contributed by atoms with E-state index in [4.69, 9.17) is 14.2 Å².